The molecule has 0 aliphatic heterocycles. The smallest absolute Gasteiger partial charge is 0.145 e. The largest absolute Gasteiger partial charge is 0.340 e. The van der Waals surface area contributed by atoms with E-state index in [0.29, 0.717) is 5.84 Å². The van der Waals surface area contributed by atoms with Crippen molar-refractivity contribution in [1.29, 1.82) is 0 Å². The number of nitrogens with one attached hydrogen (secondary N) is 1. The Morgan fingerprint density at radius 1 is 0.500 bits per heavy atom. The molecule has 0 atom stereocenters. The summed E-state index contributed by atoms with van der Waals surface area (Å²) in [5, 5.41) is 3.67. The molecule has 1 N–H and O–H groups in total. The number of nitrogens with zero attached hydrogens (tertiary/aromatic N) is 5. The summed E-state index contributed by atoms with van der Waals surface area (Å²) in [7, 11) is 0. The van der Waals surface area contributed by atoms with Crippen LogP contribution in [0.2, 0.25) is 0 Å². The van der Waals surface area contributed by atoms with Gasteiger partial charge in [0.25, 0.3) is 0 Å². The summed E-state index contributed by atoms with van der Waals surface area (Å²) in [5.74, 6) is 2.37. The van der Waals surface area contributed by atoms with E-state index in [1.807, 2.05) is 54.6 Å². The molecule has 0 amide bonds. The lowest BCUT2D eigenvalue weighted by molar-refractivity contribution is 1.09. The maximum Gasteiger partial charge on any atom is 0.145 e. The molecule has 2 heterocycles. The fourth-order valence-electron chi connectivity index (χ4n) is 6.77. The normalized spacial score (nSPS) is 11.7. The molecule has 0 aliphatic rings. The highest BCUT2D eigenvalue weighted by molar-refractivity contribution is 6.11. The molecular formula is C46H34N6. The van der Waals surface area contributed by atoms with Crippen molar-refractivity contribution in [1.82, 2.24) is 19.1 Å². The number of fused-ring (bicyclic) bond motifs is 2. The lowest BCUT2D eigenvalue weighted by Crippen LogP contribution is -2.14. The van der Waals surface area contributed by atoms with Gasteiger partial charge in [0.2, 0.25) is 0 Å². The topological polar surface area (TPSA) is 60.0 Å². The Hall–Kier alpha value is -7.05. The van der Waals surface area contributed by atoms with Crippen LogP contribution in [0, 0.1) is 6.92 Å². The number of aryl methyl sites for hydroxylation is 1. The third-order valence-corrected chi connectivity index (χ3v) is 9.26. The van der Waals surface area contributed by atoms with Crippen molar-refractivity contribution in [3.05, 3.63) is 193 Å². The van der Waals surface area contributed by atoms with E-state index in [1.165, 1.54) is 0 Å². The number of hydrogen-bond acceptors (Lipinski definition) is 3. The molecule has 0 unspecified atom stereocenters. The lowest BCUT2D eigenvalue weighted by Gasteiger charge is -2.16. The van der Waals surface area contributed by atoms with E-state index in [0.717, 1.165) is 78.7 Å². The minimum atomic E-state index is 0.716. The molecule has 0 spiro atoms. The van der Waals surface area contributed by atoms with Crippen LogP contribution < -0.4 is 5.32 Å². The van der Waals surface area contributed by atoms with Gasteiger partial charge in [-0.25, -0.2) is 15.0 Å². The fourth-order valence-corrected chi connectivity index (χ4v) is 6.77. The second-order valence-electron chi connectivity index (χ2n) is 12.7. The van der Waals surface area contributed by atoms with Crippen LogP contribution in [0.25, 0.3) is 56.2 Å². The lowest BCUT2D eigenvalue weighted by atomic mass is 10.0. The molecule has 2 aromatic heterocycles. The van der Waals surface area contributed by atoms with Crippen LogP contribution in [0.3, 0.4) is 0 Å². The summed E-state index contributed by atoms with van der Waals surface area (Å²) in [5.41, 5.74) is 11.7. The van der Waals surface area contributed by atoms with Crippen LogP contribution in [0.4, 0.5) is 11.4 Å². The Balaban J connectivity index is 1.35. The number of aromatic nitrogens is 4. The van der Waals surface area contributed by atoms with E-state index >= 15 is 0 Å². The molecule has 9 aromatic rings. The van der Waals surface area contributed by atoms with Crippen molar-refractivity contribution in [3.8, 4) is 34.2 Å². The zero-order valence-corrected chi connectivity index (χ0v) is 28.6. The third-order valence-electron chi connectivity index (χ3n) is 9.26. The van der Waals surface area contributed by atoms with Crippen molar-refractivity contribution in [2.45, 2.75) is 6.92 Å². The summed E-state index contributed by atoms with van der Waals surface area (Å²) in [6.07, 6.45) is 0. The minimum Gasteiger partial charge on any atom is -0.340 e. The maximum atomic E-state index is 5.29. The molecule has 6 nitrogen and oxygen atoms in total. The van der Waals surface area contributed by atoms with Gasteiger partial charge in [0.15, 0.2) is 0 Å². The first kappa shape index (κ1) is 31.0. The molecular weight excluding hydrogens is 637 g/mol. The molecule has 7 aromatic carbocycles. The van der Waals surface area contributed by atoms with Gasteiger partial charge in [0.05, 0.1) is 27.8 Å². The SMILES string of the molecule is Cc1ccccc1N=C(Nc1ccccc1)c1cc(-c2nc3ccccc3n2-c2ccccc2)cc(-c2nc3ccccc3n2-c2ccccc2)c1. The molecule has 0 bridgehead atoms. The van der Waals surface area contributed by atoms with Crippen LogP contribution >= 0.6 is 0 Å². The standard InChI is InChI=1S/C46H34N6/c1-32-17-11-12-24-39(32)48-44(47-36-18-5-2-6-19-36)33-29-34(45-49-40-25-13-15-27-42(40)51(45)37-20-7-3-8-21-37)31-35(30-33)46-50-41-26-14-16-28-43(41)52(46)38-22-9-4-10-23-38/h2-31H,1H3,(H,47,48). The molecule has 0 aliphatic carbocycles. The van der Waals surface area contributed by atoms with E-state index in [2.05, 4.69) is 149 Å². The average molecular weight is 671 g/mol. The van der Waals surface area contributed by atoms with E-state index in [1.54, 1.807) is 0 Å². The monoisotopic (exact) mass is 670 g/mol. The van der Waals surface area contributed by atoms with Crippen LogP contribution in [-0.4, -0.2) is 24.9 Å². The second kappa shape index (κ2) is 13.3. The van der Waals surface area contributed by atoms with Crippen LogP contribution in [-0.2, 0) is 0 Å². The van der Waals surface area contributed by atoms with Crippen LogP contribution in [0.1, 0.15) is 11.1 Å². The fraction of sp³-hybridized carbons (Fsp3) is 0.0217. The number of benzene rings is 7. The number of anilines is 1. The summed E-state index contributed by atoms with van der Waals surface area (Å²) < 4.78 is 4.47. The number of amidine groups is 1. The van der Waals surface area contributed by atoms with E-state index in [4.69, 9.17) is 15.0 Å². The van der Waals surface area contributed by atoms with E-state index in [9.17, 15) is 0 Å². The minimum absolute atomic E-state index is 0.716. The Morgan fingerprint density at radius 3 is 1.50 bits per heavy atom. The number of rotatable bonds is 7. The molecule has 0 radical (unpaired) electrons. The summed E-state index contributed by atoms with van der Waals surface area (Å²) in [4.78, 5) is 15.8. The van der Waals surface area contributed by atoms with Crippen molar-refractivity contribution in [2.75, 3.05) is 5.32 Å². The van der Waals surface area contributed by atoms with Crippen LogP contribution in [0.15, 0.2) is 187 Å². The van der Waals surface area contributed by atoms with Gasteiger partial charge in [-0.2, -0.15) is 0 Å². The summed E-state index contributed by atoms with van der Waals surface area (Å²) in [6.45, 7) is 2.09. The van der Waals surface area contributed by atoms with Crippen molar-refractivity contribution in [2.24, 2.45) is 4.99 Å². The molecule has 0 fully saturated rings. The Labute approximate surface area is 302 Å². The van der Waals surface area contributed by atoms with Gasteiger partial charge in [0.1, 0.15) is 17.5 Å². The summed E-state index contributed by atoms with van der Waals surface area (Å²) >= 11 is 0. The van der Waals surface area contributed by atoms with Gasteiger partial charge in [-0.3, -0.25) is 9.13 Å². The first-order valence-electron chi connectivity index (χ1n) is 17.4. The van der Waals surface area contributed by atoms with Gasteiger partial charge in [0, 0.05) is 33.8 Å². The predicted octanol–water partition coefficient (Wildman–Crippen LogP) is 11.2. The van der Waals surface area contributed by atoms with Crippen molar-refractivity contribution in [3.63, 3.8) is 0 Å². The number of para-hydroxylation sites is 8. The number of hydrogen-bond donors (Lipinski definition) is 1. The maximum absolute atomic E-state index is 5.29. The number of imidazole rings is 2. The molecule has 6 heteroatoms. The van der Waals surface area contributed by atoms with Gasteiger partial charge >= 0.3 is 0 Å². The highest BCUT2D eigenvalue weighted by Crippen LogP contribution is 2.35. The first-order chi connectivity index (χ1) is 25.7. The molecule has 248 valence electrons. The molecule has 0 saturated carbocycles. The van der Waals surface area contributed by atoms with Gasteiger partial charge in [-0.15, -0.1) is 0 Å². The zero-order valence-electron chi connectivity index (χ0n) is 28.6. The molecule has 9 rings (SSSR count). The highest BCUT2D eigenvalue weighted by Gasteiger charge is 2.21. The second-order valence-corrected chi connectivity index (χ2v) is 12.7. The van der Waals surface area contributed by atoms with E-state index < -0.39 is 0 Å². The first-order valence-corrected chi connectivity index (χ1v) is 17.4. The number of aliphatic imine (C=N–C) groups is 1. The van der Waals surface area contributed by atoms with E-state index in [-0.39, 0.29) is 0 Å². The molecule has 0 saturated heterocycles. The average Bonchev–Trinajstić information content (AvgIpc) is 3.79. The third kappa shape index (κ3) is 5.82. The summed E-state index contributed by atoms with van der Waals surface area (Å²) in [6, 6.07) is 62.4. The Morgan fingerprint density at radius 2 is 0.962 bits per heavy atom. The zero-order chi connectivity index (χ0) is 34.9. The highest BCUT2D eigenvalue weighted by atomic mass is 15.1. The van der Waals surface area contributed by atoms with Gasteiger partial charge in [-0.05, 0) is 97.4 Å². The predicted molar refractivity (Wildman–Crippen MR) is 214 cm³/mol. The van der Waals surface area contributed by atoms with Gasteiger partial charge in [-0.1, -0.05) is 97.1 Å². The van der Waals surface area contributed by atoms with Crippen molar-refractivity contribution >= 4 is 39.3 Å². The Bertz CT molecular complexity index is 2570. The van der Waals surface area contributed by atoms with Crippen molar-refractivity contribution < 1.29 is 0 Å². The van der Waals surface area contributed by atoms with Gasteiger partial charge < -0.3 is 5.32 Å². The molecule has 52 heavy (non-hydrogen) atoms. The Kier molecular flexibility index (Phi) is 7.95. The quantitative estimate of drug-likeness (QED) is 0.136. The van der Waals surface area contributed by atoms with Crippen LogP contribution in [0.5, 0.6) is 0 Å².